The first kappa shape index (κ1) is 31.9. The number of fused-ring (bicyclic) bond motifs is 6. The lowest BCUT2D eigenvalue weighted by atomic mass is 9.88. The van der Waals surface area contributed by atoms with E-state index in [4.69, 9.17) is 0 Å². The summed E-state index contributed by atoms with van der Waals surface area (Å²) in [5.74, 6) is 0. The first-order chi connectivity index (χ1) is 26.7. The zero-order valence-corrected chi connectivity index (χ0v) is 30.0. The summed E-state index contributed by atoms with van der Waals surface area (Å²) in [7, 11) is 0. The van der Waals surface area contributed by atoms with Crippen LogP contribution in [0.25, 0.3) is 88.0 Å². The molecular weight excluding hydrogens is 649 g/mol. The fraction of sp³-hybridized carbons (Fsp3) is 0.0370. The lowest BCUT2D eigenvalue weighted by Gasteiger charge is -2.16. The monoisotopic (exact) mass is 686 g/mol. The highest BCUT2D eigenvalue weighted by atomic mass is 14.2. The van der Waals surface area contributed by atoms with E-state index in [1.165, 1.54) is 99.1 Å². The molecule has 0 spiro atoms. The molecule has 0 fully saturated rings. The molecule has 0 amide bonds. The summed E-state index contributed by atoms with van der Waals surface area (Å²) < 4.78 is 0. The molecule has 0 heteroatoms. The average molecular weight is 687 g/mol. The molecule has 1 aliphatic carbocycles. The molecular formula is C54H38. The minimum absolute atomic E-state index is 1.06. The first-order valence-electron chi connectivity index (χ1n) is 19.0. The normalized spacial score (nSPS) is 12.9. The molecule has 10 rings (SSSR count). The minimum atomic E-state index is 1.06. The smallest absolute Gasteiger partial charge is 0.00926 e. The lowest BCUT2D eigenvalue weighted by molar-refractivity contribution is 1.06. The van der Waals surface area contributed by atoms with Crippen molar-refractivity contribution in [2.45, 2.75) is 12.8 Å². The molecule has 0 N–H and O–H groups in total. The third-order valence-corrected chi connectivity index (χ3v) is 11.1. The largest absolute Gasteiger partial charge is 0.0763 e. The van der Waals surface area contributed by atoms with Crippen molar-refractivity contribution in [3.05, 3.63) is 217 Å². The van der Waals surface area contributed by atoms with Gasteiger partial charge in [-0.25, -0.2) is 0 Å². The Hall–Kier alpha value is -6.76. The maximum Gasteiger partial charge on any atom is -0.00926 e. The van der Waals surface area contributed by atoms with Crippen LogP contribution in [0.1, 0.15) is 24.0 Å². The molecule has 9 aromatic rings. The van der Waals surface area contributed by atoms with Gasteiger partial charge in [0.15, 0.2) is 0 Å². The van der Waals surface area contributed by atoms with Gasteiger partial charge in [0, 0.05) is 0 Å². The summed E-state index contributed by atoms with van der Waals surface area (Å²) >= 11 is 0. The van der Waals surface area contributed by atoms with Crippen LogP contribution in [0, 0.1) is 0 Å². The van der Waals surface area contributed by atoms with Crippen molar-refractivity contribution in [1.82, 2.24) is 0 Å². The Bertz CT molecular complexity index is 2910. The SMILES string of the molecule is C1=C(c2cccc(-c3ccc4c5ccccc5c5ccc(-c6cccc(-c7cccc(-c8ccccc8)c7)c6)cc5c4c3)c2)C=C(c2ccccc2)CC1. The van der Waals surface area contributed by atoms with Crippen LogP contribution in [0.3, 0.4) is 0 Å². The van der Waals surface area contributed by atoms with Gasteiger partial charge in [-0.2, -0.15) is 0 Å². The second-order valence-corrected chi connectivity index (χ2v) is 14.4. The molecule has 0 aromatic heterocycles. The highest BCUT2D eigenvalue weighted by Crippen LogP contribution is 2.40. The van der Waals surface area contributed by atoms with Crippen molar-refractivity contribution >= 4 is 43.5 Å². The van der Waals surface area contributed by atoms with E-state index in [-0.39, 0.29) is 0 Å². The van der Waals surface area contributed by atoms with Gasteiger partial charge in [-0.15, -0.1) is 0 Å². The molecule has 0 unspecified atom stereocenters. The molecule has 0 atom stereocenters. The molecule has 0 heterocycles. The van der Waals surface area contributed by atoms with Gasteiger partial charge in [-0.3, -0.25) is 0 Å². The maximum absolute atomic E-state index is 2.42. The van der Waals surface area contributed by atoms with Crippen molar-refractivity contribution in [3.8, 4) is 44.5 Å². The number of rotatable bonds is 6. The first-order valence-corrected chi connectivity index (χ1v) is 19.0. The van der Waals surface area contributed by atoms with Gasteiger partial charge in [0.1, 0.15) is 0 Å². The van der Waals surface area contributed by atoms with Gasteiger partial charge >= 0.3 is 0 Å². The van der Waals surface area contributed by atoms with Crippen molar-refractivity contribution < 1.29 is 0 Å². The van der Waals surface area contributed by atoms with Crippen LogP contribution in [0.4, 0.5) is 0 Å². The van der Waals surface area contributed by atoms with Crippen LogP contribution >= 0.6 is 0 Å². The van der Waals surface area contributed by atoms with E-state index in [0.29, 0.717) is 0 Å². The Kier molecular flexibility index (Phi) is 8.08. The molecule has 0 saturated carbocycles. The van der Waals surface area contributed by atoms with Gasteiger partial charge in [0.25, 0.3) is 0 Å². The zero-order valence-electron chi connectivity index (χ0n) is 30.0. The quantitative estimate of drug-likeness (QED) is 0.153. The highest BCUT2D eigenvalue weighted by molar-refractivity contribution is 6.26. The van der Waals surface area contributed by atoms with Crippen molar-refractivity contribution in [2.24, 2.45) is 0 Å². The van der Waals surface area contributed by atoms with Gasteiger partial charge in [0.2, 0.25) is 0 Å². The molecule has 0 saturated heterocycles. The topological polar surface area (TPSA) is 0 Å². The average Bonchev–Trinajstić information content (AvgIpc) is 3.27. The van der Waals surface area contributed by atoms with Crippen LogP contribution in [-0.2, 0) is 0 Å². The van der Waals surface area contributed by atoms with Crippen LogP contribution in [-0.4, -0.2) is 0 Å². The van der Waals surface area contributed by atoms with Crippen molar-refractivity contribution in [1.29, 1.82) is 0 Å². The minimum Gasteiger partial charge on any atom is -0.0763 e. The number of hydrogen-bond acceptors (Lipinski definition) is 0. The van der Waals surface area contributed by atoms with E-state index in [1.54, 1.807) is 0 Å². The Morgan fingerprint density at radius 2 is 0.648 bits per heavy atom. The van der Waals surface area contributed by atoms with E-state index in [2.05, 4.69) is 206 Å². The Morgan fingerprint density at radius 3 is 1.19 bits per heavy atom. The predicted molar refractivity (Wildman–Crippen MR) is 232 cm³/mol. The number of benzene rings is 9. The molecule has 0 bridgehead atoms. The highest BCUT2D eigenvalue weighted by Gasteiger charge is 2.14. The summed E-state index contributed by atoms with van der Waals surface area (Å²) in [6.45, 7) is 0. The summed E-state index contributed by atoms with van der Waals surface area (Å²) in [6, 6.07) is 71.3. The Balaban J connectivity index is 1.07. The van der Waals surface area contributed by atoms with Gasteiger partial charge in [0.05, 0.1) is 0 Å². The second kappa shape index (κ2) is 13.7. The fourth-order valence-corrected chi connectivity index (χ4v) is 8.36. The fourth-order valence-electron chi connectivity index (χ4n) is 8.36. The molecule has 254 valence electrons. The van der Waals surface area contributed by atoms with Crippen molar-refractivity contribution in [2.75, 3.05) is 0 Å². The van der Waals surface area contributed by atoms with Gasteiger partial charge in [-0.05, 0) is 142 Å². The molecule has 0 radical (unpaired) electrons. The van der Waals surface area contributed by atoms with Gasteiger partial charge < -0.3 is 0 Å². The van der Waals surface area contributed by atoms with Gasteiger partial charge in [-0.1, -0.05) is 176 Å². The summed E-state index contributed by atoms with van der Waals surface area (Å²) in [5.41, 5.74) is 15.1. The Morgan fingerprint density at radius 1 is 0.259 bits per heavy atom. The molecule has 54 heavy (non-hydrogen) atoms. The third-order valence-electron chi connectivity index (χ3n) is 11.1. The predicted octanol–water partition coefficient (Wildman–Crippen LogP) is 15.1. The summed E-state index contributed by atoms with van der Waals surface area (Å²) in [6.07, 6.45) is 6.91. The van der Waals surface area contributed by atoms with E-state index in [0.717, 1.165) is 12.8 Å². The van der Waals surface area contributed by atoms with E-state index >= 15 is 0 Å². The number of allylic oxidation sites excluding steroid dienone is 4. The zero-order chi connectivity index (χ0) is 35.8. The second-order valence-electron chi connectivity index (χ2n) is 14.4. The number of hydrogen-bond donors (Lipinski definition) is 0. The summed E-state index contributed by atoms with van der Waals surface area (Å²) in [5, 5.41) is 7.71. The standard InChI is InChI=1S/C54H38/c1-3-13-37(14-4-1)39-17-9-19-41(31-39)43-21-11-23-45(33-43)47-27-29-51-49-25-7-8-26-50(49)52-30-28-48(36-54(52)53(51)35-47)46-24-12-22-44(34-46)42-20-10-18-40(32-42)38-15-5-2-6-16-38/h1-9,11-17,19-36H,10,18H2. The van der Waals surface area contributed by atoms with E-state index in [1.807, 2.05) is 0 Å². The van der Waals surface area contributed by atoms with E-state index in [9.17, 15) is 0 Å². The molecule has 0 aliphatic heterocycles. The molecule has 0 nitrogen and oxygen atoms in total. The third kappa shape index (κ3) is 5.93. The van der Waals surface area contributed by atoms with Crippen LogP contribution in [0.2, 0.25) is 0 Å². The van der Waals surface area contributed by atoms with Crippen LogP contribution in [0.5, 0.6) is 0 Å². The maximum atomic E-state index is 2.42. The van der Waals surface area contributed by atoms with Crippen molar-refractivity contribution in [3.63, 3.8) is 0 Å². The molecule has 1 aliphatic rings. The van der Waals surface area contributed by atoms with E-state index < -0.39 is 0 Å². The Labute approximate surface area is 317 Å². The van der Waals surface area contributed by atoms with Crippen LogP contribution in [0.15, 0.2) is 206 Å². The lowest BCUT2D eigenvalue weighted by Crippen LogP contribution is -1.93. The summed E-state index contributed by atoms with van der Waals surface area (Å²) in [4.78, 5) is 0. The van der Waals surface area contributed by atoms with Crippen LogP contribution < -0.4 is 0 Å². The molecule has 9 aromatic carbocycles.